The van der Waals surface area contributed by atoms with Crippen molar-refractivity contribution in [2.75, 3.05) is 0 Å². The predicted molar refractivity (Wildman–Crippen MR) is 180 cm³/mol. The molecule has 9 heteroatoms. The highest BCUT2D eigenvalue weighted by molar-refractivity contribution is 6.09. The Hall–Kier alpha value is -5.70. The van der Waals surface area contributed by atoms with E-state index in [4.69, 9.17) is 9.72 Å². The topological polar surface area (TPSA) is 69.0 Å². The SMILES string of the molecule is Cc1c(C(C)NC(=O)c2c3c(nc4ccccc24)/C(=C/c2cccc(Oc4ccccc4)c2)CC3)cnn1-c1cccc(C(F)(F)F)c1. The second-order valence-corrected chi connectivity index (χ2v) is 11.8. The molecule has 0 fully saturated rings. The van der Waals surface area contributed by atoms with Crippen LogP contribution >= 0.6 is 0 Å². The van der Waals surface area contributed by atoms with E-state index in [1.165, 1.54) is 10.7 Å². The Morgan fingerprint density at radius 2 is 1.67 bits per heavy atom. The van der Waals surface area contributed by atoms with E-state index in [1.54, 1.807) is 19.2 Å². The van der Waals surface area contributed by atoms with Crippen LogP contribution in [0.15, 0.2) is 109 Å². The van der Waals surface area contributed by atoms with E-state index < -0.39 is 17.8 Å². The molecule has 4 aromatic carbocycles. The molecule has 7 rings (SSSR count). The number of carbonyl (C=O) groups is 1. The first-order chi connectivity index (χ1) is 23.2. The fourth-order valence-corrected chi connectivity index (χ4v) is 6.30. The van der Waals surface area contributed by atoms with Crippen LogP contribution in [0, 0.1) is 6.92 Å². The molecule has 0 radical (unpaired) electrons. The first-order valence-electron chi connectivity index (χ1n) is 15.6. The summed E-state index contributed by atoms with van der Waals surface area (Å²) >= 11 is 0. The molecule has 240 valence electrons. The van der Waals surface area contributed by atoms with Gasteiger partial charge in [0.1, 0.15) is 11.5 Å². The zero-order valence-electron chi connectivity index (χ0n) is 26.3. The Kier molecular flexibility index (Phi) is 8.04. The van der Waals surface area contributed by atoms with Crippen LogP contribution in [0.2, 0.25) is 0 Å². The second kappa shape index (κ2) is 12.5. The normalized spacial score (nSPS) is 14.2. The molecule has 2 aromatic heterocycles. The van der Waals surface area contributed by atoms with Gasteiger partial charge in [-0.2, -0.15) is 18.3 Å². The number of hydrogen-bond acceptors (Lipinski definition) is 4. The molecule has 6 aromatic rings. The maximum absolute atomic E-state index is 14.1. The summed E-state index contributed by atoms with van der Waals surface area (Å²) in [4.78, 5) is 19.1. The van der Waals surface area contributed by atoms with Gasteiger partial charge in [-0.25, -0.2) is 9.67 Å². The van der Waals surface area contributed by atoms with Crippen molar-refractivity contribution in [2.24, 2.45) is 0 Å². The maximum atomic E-state index is 14.1. The zero-order valence-corrected chi connectivity index (χ0v) is 26.3. The van der Waals surface area contributed by atoms with Crippen molar-refractivity contribution < 1.29 is 22.7 Å². The summed E-state index contributed by atoms with van der Waals surface area (Å²) in [5.41, 5.74) is 5.87. The Balaban J connectivity index is 1.18. The number of ether oxygens (including phenoxy) is 1. The summed E-state index contributed by atoms with van der Waals surface area (Å²) in [6.45, 7) is 3.62. The van der Waals surface area contributed by atoms with E-state index in [0.29, 0.717) is 28.9 Å². The number of fused-ring (bicyclic) bond motifs is 2. The minimum Gasteiger partial charge on any atom is -0.457 e. The number of carbonyl (C=O) groups excluding carboxylic acids is 1. The number of pyridine rings is 1. The van der Waals surface area contributed by atoms with Crippen molar-refractivity contribution in [2.45, 2.75) is 38.9 Å². The van der Waals surface area contributed by atoms with E-state index in [9.17, 15) is 18.0 Å². The van der Waals surface area contributed by atoms with Gasteiger partial charge in [-0.1, -0.05) is 54.6 Å². The van der Waals surface area contributed by atoms with Crippen LogP contribution < -0.4 is 10.1 Å². The standard InChI is InChI=1S/C39H31F3N4O2/c1-24(34-23-43-46(25(34)2)29-12-9-11-28(22-29)39(40,41)42)44-38(47)36-32-16-6-7-17-35(32)45-37-27(18-19-33(36)37)20-26-10-8-15-31(21-26)48-30-13-4-3-5-14-30/h3-17,20-24H,18-19H2,1-2H3,(H,44,47)/b27-20+. The molecule has 0 saturated carbocycles. The fraction of sp³-hybridized carbons (Fsp3) is 0.154. The summed E-state index contributed by atoms with van der Waals surface area (Å²) in [7, 11) is 0. The van der Waals surface area contributed by atoms with Gasteiger partial charge >= 0.3 is 6.18 Å². The van der Waals surface area contributed by atoms with E-state index in [2.05, 4.69) is 16.5 Å². The lowest BCUT2D eigenvalue weighted by Gasteiger charge is -2.17. The third kappa shape index (κ3) is 6.07. The van der Waals surface area contributed by atoms with Crippen LogP contribution in [0.25, 0.3) is 28.2 Å². The van der Waals surface area contributed by atoms with E-state index in [1.807, 2.05) is 85.8 Å². The number of rotatable bonds is 7. The summed E-state index contributed by atoms with van der Waals surface area (Å²) in [5.74, 6) is 1.23. The molecule has 1 atom stereocenters. The number of aromatic nitrogens is 3. The van der Waals surface area contributed by atoms with E-state index in [0.717, 1.165) is 63.3 Å². The van der Waals surface area contributed by atoms with Gasteiger partial charge in [0.2, 0.25) is 0 Å². The van der Waals surface area contributed by atoms with Gasteiger partial charge in [-0.15, -0.1) is 0 Å². The predicted octanol–water partition coefficient (Wildman–Crippen LogP) is 9.52. The minimum absolute atomic E-state index is 0.247. The van der Waals surface area contributed by atoms with Crippen LogP contribution in [0.4, 0.5) is 13.2 Å². The second-order valence-electron chi connectivity index (χ2n) is 11.8. The number of allylic oxidation sites excluding steroid dienone is 1. The molecule has 48 heavy (non-hydrogen) atoms. The van der Waals surface area contributed by atoms with Crippen molar-refractivity contribution >= 4 is 28.5 Å². The van der Waals surface area contributed by atoms with Crippen LogP contribution in [-0.2, 0) is 12.6 Å². The molecule has 0 bridgehead atoms. The van der Waals surface area contributed by atoms with Crippen LogP contribution in [0.3, 0.4) is 0 Å². The molecule has 2 heterocycles. The largest absolute Gasteiger partial charge is 0.457 e. The van der Waals surface area contributed by atoms with Gasteiger partial charge in [0.05, 0.1) is 40.3 Å². The summed E-state index contributed by atoms with van der Waals surface area (Å²) in [6.07, 6.45) is 0.599. The average Bonchev–Trinajstić information content (AvgIpc) is 3.66. The van der Waals surface area contributed by atoms with E-state index >= 15 is 0 Å². The number of nitrogens with zero attached hydrogens (tertiary/aromatic N) is 3. The smallest absolute Gasteiger partial charge is 0.416 e. The molecule has 0 aliphatic heterocycles. The average molecular weight is 645 g/mol. The van der Waals surface area contributed by atoms with Gasteiger partial charge in [-0.05, 0) is 98.0 Å². The highest BCUT2D eigenvalue weighted by Crippen LogP contribution is 2.38. The molecule has 1 aliphatic carbocycles. The molecule has 1 unspecified atom stereocenters. The number of nitrogens with one attached hydrogen (secondary N) is 1. The Labute approximate surface area is 275 Å². The van der Waals surface area contributed by atoms with Crippen LogP contribution in [0.1, 0.15) is 63.4 Å². The number of para-hydroxylation sites is 2. The number of halogens is 3. The number of benzene rings is 4. The Morgan fingerprint density at radius 3 is 2.48 bits per heavy atom. The third-order valence-corrected chi connectivity index (χ3v) is 8.63. The number of alkyl halides is 3. The van der Waals surface area contributed by atoms with Crippen molar-refractivity contribution in [3.8, 4) is 17.2 Å². The quantitative estimate of drug-likeness (QED) is 0.188. The summed E-state index contributed by atoms with van der Waals surface area (Å²) in [5, 5.41) is 8.26. The third-order valence-electron chi connectivity index (χ3n) is 8.63. The first kappa shape index (κ1) is 30.9. The monoisotopic (exact) mass is 644 g/mol. The molecule has 1 N–H and O–H groups in total. The van der Waals surface area contributed by atoms with Gasteiger partial charge in [0, 0.05) is 16.6 Å². The van der Waals surface area contributed by atoms with Gasteiger partial charge in [0.15, 0.2) is 0 Å². The molecule has 6 nitrogen and oxygen atoms in total. The Bertz CT molecular complexity index is 2190. The minimum atomic E-state index is -4.47. The van der Waals surface area contributed by atoms with Crippen molar-refractivity contribution in [3.05, 3.63) is 149 Å². The lowest BCUT2D eigenvalue weighted by Crippen LogP contribution is -2.28. The van der Waals surface area contributed by atoms with Gasteiger partial charge in [-0.3, -0.25) is 4.79 Å². The van der Waals surface area contributed by atoms with Crippen LogP contribution in [0.5, 0.6) is 11.5 Å². The van der Waals surface area contributed by atoms with Crippen molar-refractivity contribution in [1.29, 1.82) is 0 Å². The van der Waals surface area contributed by atoms with Gasteiger partial charge < -0.3 is 10.1 Å². The first-order valence-corrected chi connectivity index (χ1v) is 15.6. The molecule has 1 amide bonds. The lowest BCUT2D eigenvalue weighted by atomic mass is 9.99. The molecule has 1 aliphatic rings. The highest BCUT2D eigenvalue weighted by Gasteiger charge is 2.31. The molecule has 0 spiro atoms. The molecular formula is C39H31F3N4O2. The van der Waals surface area contributed by atoms with E-state index in [-0.39, 0.29) is 5.91 Å². The maximum Gasteiger partial charge on any atom is 0.416 e. The Morgan fingerprint density at radius 1 is 0.917 bits per heavy atom. The van der Waals surface area contributed by atoms with Crippen molar-refractivity contribution in [3.63, 3.8) is 0 Å². The molecular weight excluding hydrogens is 613 g/mol. The summed E-state index contributed by atoms with van der Waals surface area (Å²) < 4.78 is 47.6. The summed E-state index contributed by atoms with van der Waals surface area (Å²) in [6, 6.07) is 29.6. The molecule has 0 saturated heterocycles. The number of hydrogen-bond donors (Lipinski definition) is 1. The van der Waals surface area contributed by atoms with Gasteiger partial charge in [0.25, 0.3) is 5.91 Å². The zero-order chi connectivity index (χ0) is 33.4. The fourth-order valence-electron chi connectivity index (χ4n) is 6.30. The highest BCUT2D eigenvalue weighted by atomic mass is 19.4. The van der Waals surface area contributed by atoms with Crippen molar-refractivity contribution in [1.82, 2.24) is 20.1 Å². The number of amides is 1. The lowest BCUT2D eigenvalue weighted by molar-refractivity contribution is -0.137. The van der Waals surface area contributed by atoms with Crippen LogP contribution in [-0.4, -0.2) is 20.7 Å².